The highest BCUT2D eigenvalue weighted by molar-refractivity contribution is 7.90. The van der Waals surface area contributed by atoms with Gasteiger partial charge in [0.25, 0.3) is 0 Å². The first-order chi connectivity index (χ1) is 9.38. The van der Waals surface area contributed by atoms with Crippen LogP contribution in [0.5, 0.6) is 0 Å². The van der Waals surface area contributed by atoms with Gasteiger partial charge in [-0.15, -0.1) is 0 Å². The maximum Gasteiger partial charge on any atom is 0.175 e. The van der Waals surface area contributed by atoms with Crippen molar-refractivity contribution in [3.05, 3.63) is 28.8 Å². The number of hydrogen-bond donors (Lipinski definition) is 0. The Balaban J connectivity index is 2.11. The highest BCUT2D eigenvalue weighted by atomic mass is 35.5. The molecule has 0 saturated heterocycles. The lowest BCUT2D eigenvalue weighted by Gasteiger charge is -2.20. The highest BCUT2D eigenvalue weighted by Gasteiger charge is 2.22. The fourth-order valence-corrected chi connectivity index (χ4v) is 3.62. The number of carbonyl (C=O) groups is 1. The zero-order valence-electron chi connectivity index (χ0n) is 11.6. The van der Waals surface area contributed by atoms with E-state index in [2.05, 4.69) is 0 Å². The predicted octanol–water partition coefficient (Wildman–Crippen LogP) is 3.44. The second-order valence-electron chi connectivity index (χ2n) is 5.50. The van der Waals surface area contributed by atoms with Crippen molar-refractivity contribution in [3.8, 4) is 0 Å². The minimum atomic E-state index is -3.26. The Hall–Kier alpha value is -0.870. The fraction of sp³-hybridized carbons (Fsp3) is 0.533. The lowest BCUT2D eigenvalue weighted by molar-refractivity contribution is -0.123. The quantitative estimate of drug-likeness (QED) is 0.855. The van der Waals surface area contributed by atoms with Gasteiger partial charge in [-0.1, -0.05) is 36.9 Å². The van der Waals surface area contributed by atoms with Gasteiger partial charge in [-0.05, 0) is 30.5 Å². The van der Waals surface area contributed by atoms with E-state index in [0.717, 1.165) is 37.5 Å². The standard InChI is InChI=1S/C15H19ClO3S/c1-20(18,19)13-8-7-12(14(16)10-13)9-15(17)11-5-3-2-4-6-11/h7-8,10-11H,2-6,9H2,1H3. The molecule has 5 heteroatoms. The molecule has 0 radical (unpaired) electrons. The first-order valence-corrected chi connectivity index (χ1v) is 9.16. The molecule has 2 rings (SSSR count). The molecule has 0 bridgehead atoms. The van der Waals surface area contributed by atoms with Crippen molar-refractivity contribution in [1.82, 2.24) is 0 Å². The Morgan fingerprint density at radius 1 is 1.25 bits per heavy atom. The van der Waals surface area contributed by atoms with Crippen molar-refractivity contribution >= 4 is 27.2 Å². The van der Waals surface area contributed by atoms with Crippen LogP contribution in [-0.4, -0.2) is 20.5 Å². The number of rotatable bonds is 4. The van der Waals surface area contributed by atoms with Crippen LogP contribution in [0.4, 0.5) is 0 Å². The van der Waals surface area contributed by atoms with Crippen molar-refractivity contribution in [2.45, 2.75) is 43.4 Å². The molecule has 0 aromatic heterocycles. The normalized spacial score (nSPS) is 17.1. The Bertz CT molecular complexity index is 602. The number of hydrogen-bond acceptors (Lipinski definition) is 3. The van der Waals surface area contributed by atoms with Gasteiger partial charge < -0.3 is 0 Å². The van der Waals surface area contributed by atoms with Crippen molar-refractivity contribution < 1.29 is 13.2 Å². The molecule has 20 heavy (non-hydrogen) atoms. The Kier molecular flexibility index (Phi) is 4.86. The summed E-state index contributed by atoms with van der Waals surface area (Å²) in [5.41, 5.74) is 0.717. The lowest BCUT2D eigenvalue weighted by Crippen LogP contribution is -2.19. The monoisotopic (exact) mass is 314 g/mol. The zero-order valence-corrected chi connectivity index (χ0v) is 13.1. The third-order valence-corrected chi connectivity index (χ3v) is 5.34. The molecule has 0 heterocycles. The van der Waals surface area contributed by atoms with Gasteiger partial charge in [-0.25, -0.2) is 8.42 Å². The van der Waals surface area contributed by atoms with Crippen LogP contribution in [0.25, 0.3) is 0 Å². The average Bonchev–Trinajstić information content (AvgIpc) is 2.41. The van der Waals surface area contributed by atoms with Gasteiger partial charge in [0.1, 0.15) is 5.78 Å². The lowest BCUT2D eigenvalue weighted by atomic mass is 9.84. The van der Waals surface area contributed by atoms with E-state index >= 15 is 0 Å². The van der Waals surface area contributed by atoms with Crippen LogP contribution in [0, 0.1) is 5.92 Å². The number of carbonyl (C=O) groups excluding carboxylic acids is 1. The summed E-state index contributed by atoms with van der Waals surface area (Å²) in [6, 6.07) is 4.60. The van der Waals surface area contributed by atoms with Gasteiger partial charge in [-0.3, -0.25) is 4.79 Å². The zero-order chi connectivity index (χ0) is 14.8. The van der Waals surface area contributed by atoms with Crippen LogP contribution >= 0.6 is 11.6 Å². The van der Waals surface area contributed by atoms with Crippen molar-refractivity contribution in [1.29, 1.82) is 0 Å². The topological polar surface area (TPSA) is 51.2 Å². The summed E-state index contributed by atoms with van der Waals surface area (Å²) >= 11 is 6.10. The van der Waals surface area contributed by atoms with Gasteiger partial charge >= 0.3 is 0 Å². The van der Waals surface area contributed by atoms with Gasteiger partial charge in [0.15, 0.2) is 9.84 Å². The Morgan fingerprint density at radius 2 is 1.90 bits per heavy atom. The molecule has 0 aliphatic heterocycles. The van der Waals surface area contributed by atoms with Gasteiger partial charge in [0.05, 0.1) is 4.90 Å². The van der Waals surface area contributed by atoms with E-state index in [1.807, 2.05) is 0 Å². The van der Waals surface area contributed by atoms with Crippen LogP contribution in [0.3, 0.4) is 0 Å². The van der Waals surface area contributed by atoms with Crippen LogP contribution in [0.15, 0.2) is 23.1 Å². The van der Waals surface area contributed by atoms with Crippen LogP contribution in [0.2, 0.25) is 5.02 Å². The first-order valence-electron chi connectivity index (χ1n) is 6.89. The number of sulfone groups is 1. The van der Waals surface area contributed by atoms with E-state index in [9.17, 15) is 13.2 Å². The molecule has 1 saturated carbocycles. The summed E-state index contributed by atoms with van der Waals surface area (Å²) in [5, 5.41) is 0.358. The highest BCUT2D eigenvalue weighted by Crippen LogP contribution is 2.27. The Labute approximate surface area is 125 Å². The fourth-order valence-electron chi connectivity index (χ4n) is 2.66. The van der Waals surface area contributed by atoms with E-state index < -0.39 is 9.84 Å². The summed E-state index contributed by atoms with van der Waals surface area (Å²) in [6.07, 6.45) is 6.84. The van der Waals surface area contributed by atoms with E-state index in [0.29, 0.717) is 11.4 Å². The van der Waals surface area contributed by atoms with E-state index in [1.165, 1.54) is 18.6 Å². The summed E-state index contributed by atoms with van der Waals surface area (Å²) in [6.45, 7) is 0. The summed E-state index contributed by atoms with van der Waals surface area (Å²) < 4.78 is 22.9. The third-order valence-electron chi connectivity index (χ3n) is 3.88. The summed E-state index contributed by atoms with van der Waals surface area (Å²) in [5.74, 6) is 0.369. The number of Topliss-reactive ketones (excluding diaryl/α,β-unsaturated/α-hetero) is 1. The molecular weight excluding hydrogens is 296 g/mol. The number of halogens is 1. The molecule has 1 aliphatic carbocycles. The van der Waals surface area contributed by atoms with Crippen LogP contribution in [0.1, 0.15) is 37.7 Å². The second kappa shape index (κ2) is 6.27. The predicted molar refractivity (Wildman–Crippen MR) is 79.8 cm³/mol. The van der Waals surface area contributed by atoms with E-state index in [1.54, 1.807) is 6.07 Å². The molecule has 110 valence electrons. The molecule has 0 unspecified atom stereocenters. The molecule has 0 N–H and O–H groups in total. The van der Waals surface area contributed by atoms with Crippen molar-refractivity contribution in [2.24, 2.45) is 5.92 Å². The average molecular weight is 315 g/mol. The molecule has 1 fully saturated rings. The maximum atomic E-state index is 12.2. The number of ketones is 1. The molecule has 1 aromatic rings. The third kappa shape index (κ3) is 3.83. The molecule has 1 aromatic carbocycles. The molecule has 1 aliphatic rings. The molecule has 0 atom stereocenters. The molecular formula is C15H19ClO3S. The van der Waals surface area contributed by atoms with Crippen LogP contribution < -0.4 is 0 Å². The first kappa shape index (κ1) is 15.5. The van der Waals surface area contributed by atoms with E-state index in [4.69, 9.17) is 11.6 Å². The molecule has 0 amide bonds. The van der Waals surface area contributed by atoms with Crippen molar-refractivity contribution in [2.75, 3.05) is 6.26 Å². The van der Waals surface area contributed by atoms with E-state index in [-0.39, 0.29) is 16.6 Å². The number of benzene rings is 1. The molecule has 3 nitrogen and oxygen atoms in total. The summed E-state index contributed by atoms with van der Waals surface area (Å²) in [7, 11) is -3.26. The van der Waals surface area contributed by atoms with Gasteiger partial charge in [0, 0.05) is 23.6 Å². The van der Waals surface area contributed by atoms with Gasteiger partial charge in [0.2, 0.25) is 0 Å². The minimum absolute atomic E-state index is 0.148. The Morgan fingerprint density at radius 3 is 2.45 bits per heavy atom. The molecule has 0 spiro atoms. The van der Waals surface area contributed by atoms with Gasteiger partial charge in [-0.2, -0.15) is 0 Å². The smallest absolute Gasteiger partial charge is 0.175 e. The second-order valence-corrected chi connectivity index (χ2v) is 7.93. The largest absolute Gasteiger partial charge is 0.299 e. The van der Waals surface area contributed by atoms with Crippen LogP contribution in [-0.2, 0) is 21.1 Å². The van der Waals surface area contributed by atoms with Crippen molar-refractivity contribution in [3.63, 3.8) is 0 Å². The minimum Gasteiger partial charge on any atom is -0.299 e. The maximum absolute atomic E-state index is 12.2. The SMILES string of the molecule is CS(=O)(=O)c1ccc(CC(=O)C2CCCCC2)c(Cl)c1. The summed E-state index contributed by atoms with van der Waals surface area (Å²) in [4.78, 5) is 12.4.